The van der Waals surface area contributed by atoms with Gasteiger partial charge in [-0.3, -0.25) is 23.4 Å². The molecule has 0 radical (unpaired) electrons. The average molecular weight is 491 g/mol. The number of hydrogen-bond donors (Lipinski definition) is 0. The largest absolute Gasteiger partial charge is 0.368 e. The van der Waals surface area contributed by atoms with Gasteiger partial charge in [-0.15, -0.1) is 0 Å². The fraction of sp³-hybridized carbons (Fsp3) is 0.308. The van der Waals surface area contributed by atoms with Gasteiger partial charge in [-0.1, -0.05) is 30.3 Å². The van der Waals surface area contributed by atoms with Crippen LogP contribution >= 0.6 is 0 Å². The molecule has 0 bridgehead atoms. The minimum atomic E-state index is -0.537. The molecule has 4 aromatic rings. The predicted molar refractivity (Wildman–Crippen MR) is 135 cm³/mol. The molecule has 5 rings (SSSR count). The van der Waals surface area contributed by atoms with Crippen molar-refractivity contribution in [3.8, 4) is 0 Å². The van der Waals surface area contributed by atoms with Gasteiger partial charge >= 0.3 is 5.69 Å². The number of rotatable bonds is 6. The standard InChI is InChI=1S/C26H27FN6O3/c1-2-31-17-22-24(28-31)25(35)33(16-19-6-4-3-5-7-19)26(36)32(22)18-23(34)30-14-12-29(13-15-30)21-10-8-20(27)9-11-21/h3-11,17H,2,12-16,18H2,1H3. The number of halogens is 1. The van der Waals surface area contributed by atoms with Crippen molar-refractivity contribution in [1.82, 2.24) is 23.8 Å². The van der Waals surface area contributed by atoms with E-state index in [0.29, 0.717) is 38.2 Å². The Labute approximate surface area is 206 Å². The van der Waals surface area contributed by atoms with Gasteiger partial charge in [-0.05, 0) is 36.8 Å². The third-order valence-electron chi connectivity index (χ3n) is 6.57. The number of benzene rings is 2. The van der Waals surface area contributed by atoms with Crippen LogP contribution in [0.25, 0.3) is 11.0 Å². The Balaban J connectivity index is 1.41. The zero-order valence-corrected chi connectivity index (χ0v) is 20.0. The lowest BCUT2D eigenvalue weighted by Gasteiger charge is -2.36. The molecule has 3 heterocycles. The SMILES string of the molecule is CCn1cc2c(n1)c(=O)n(Cc1ccccc1)c(=O)n2CC(=O)N1CCN(c2ccc(F)cc2)CC1. The van der Waals surface area contributed by atoms with Crippen molar-refractivity contribution in [3.63, 3.8) is 0 Å². The summed E-state index contributed by atoms with van der Waals surface area (Å²) in [4.78, 5) is 43.7. The molecule has 0 unspecified atom stereocenters. The normalized spacial score (nSPS) is 13.9. The third-order valence-corrected chi connectivity index (χ3v) is 6.57. The molecule has 1 aliphatic heterocycles. The van der Waals surface area contributed by atoms with E-state index in [0.717, 1.165) is 15.8 Å². The number of hydrogen-bond acceptors (Lipinski definition) is 5. The van der Waals surface area contributed by atoms with Gasteiger partial charge in [0.05, 0.1) is 12.1 Å². The number of aromatic nitrogens is 4. The minimum absolute atomic E-state index is 0.0952. The van der Waals surface area contributed by atoms with E-state index < -0.39 is 11.2 Å². The maximum absolute atomic E-state index is 13.5. The average Bonchev–Trinajstić information content (AvgIpc) is 3.35. The van der Waals surface area contributed by atoms with E-state index >= 15 is 0 Å². The zero-order chi connectivity index (χ0) is 25.2. The summed E-state index contributed by atoms with van der Waals surface area (Å²) in [5.41, 5.74) is 1.23. The highest BCUT2D eigenvalue weighted by atomic mass is 19.1. The van der Waals surface area contributed by atoms with Crippen LogP contribution in [0.3, 0.4) is 0 Å². The van der Waals surface area contributed by atoms with Gasteiger partial charge in [0.25, 0.3) is 5.56 Å². The van der Waals surface area contributed by atoms with Crippen molar-refractivity contribution in [3.05, 3.63) is 93.0 Å². The van der Waals surface area contributed by atoms with Crippen LogP contribution in [0.1, 0.15) is 12.5 Å². The first kappa shape index (κ1) is 23.5. The molecule has 1 fully saturated rings. The van der Waals surface area contributed by atoms with E-state index in [1.165, 1.54) is 16.7 Å². The monoisotopic (exact) mass is 490 g/mol. The van der Waals surface area contributed by atoms with Crippen molar-refractivity contribution in [2.24, 2.45) is 0 Å². The van der Waals surface area contributed by atoms with E-state index in [4.69, 9.17) is 0 Å². The number of piperazine rings is 1. The summed E-state index contributed by atoms with van der Waals surface area (Å²) in [5.74, 6) is -0.490. The van der Waals surface area contributed by atoms with Gasteiger partial charge in [0.15, 0.2) is 5.52 Å². The summed E-state index contributed by atoms with van der Waals surface area (Å²) in [7, 11) is 0. The molecule has 1 saturated heterocycles. The summed E-state index contributed by atoms with van der Waals surface area (Å²) in [6.07, 6.45) is 1.64. The molecule has 1 amide bonds. The lowest BCUT2D eigenvalue weighted by molar-refractivity contribution is -0.132. The van der Waals surface area contributed by atoms with Gasteiger partial charge in [-0.2, -0.15) is 5.10 Å². The number of fused-ring (bicyclic) bond motifs is 1. The van der Waals surface area contributed by atoms with E-state index in [1.807, 2.05) is 37.3 Å². The number of nitrogens with zero attached hydrogens (tertiary/aromatic N) is 6. The van der Waals surface area contributed by atoms with Crippen molar-refractivity contribution in [2.45, 2.75) is 26.6 Å². The Morgan fingerprint density at radius 2 is 1.64 bits per heavy atom. The fourth-order valence-electron chi connectivity index (χ4n) is 4.55. The fourth-order valence-corrected chi connectivity index (χ4v) is 4.55. The molecule has 10 heteroatoms. The molecule has 0 atom stereocenters. The highest BCUT2D eigenvalue weighted by Gasteiger charge is 2.24. The second kappa shape index (κ2) is 9.80. The van der Waals surface area contributed by atoms with Crippen molar-refractivity contribution in [1.29, 1.82) is 0 Å². The van der Waals surface area contributed by atoms with Gasteiger partial charge < -0.3 is 9.80 Å². The van der Waals surface area contributed by atoms with Gasteiger partial charge in [0.2, 0.25) is 5.91 Å². The van der Waals surface area contributed by atoms with Crippen molar-refractivity contribution in [2.75, 3.05) is 31.1 Å². The molecule has 0 aliphatic carbocycles. The molecule has 186 valence electrons. The third kappa shape index (κ3) is 4.53. The molecule has 0 N–H and O–H groups in total. The zero-order valence-electron chi connectivity index (χ0n) is 20.0. The lowest BCUT2D eigenvalue weighted by Crippen LogP contribution is -2.50. The molecule has 0 spiro atoms. The Bertz CT molecular complexity index is 1500. The summed E-state index contributed by atoms with van der Waals surface area (Å²) >= 11 is 0. The van der Waals surface area contributed by atoms with E-state index in [1.54, 1.807) is 27.9 Å². The van der Waals surface area contributed by atoms with Crippen LogP contribution in [0.2, 0.25) is 0 Å². The molecule has 2 aromatic heterocycles. The van der Waals surface area contributed by atoms with E-state index in [9.17, 15) is 18.8 Å². The summed E-state index contributed by atoms with van der Waals surface area (Å²) in [6.45, 7) is 4.49. The van der Waals surface area contributed by atoms with Crippen LogP contribution in [-0.4, -0.2) is 55.9 Å². The van der Waals surface area contributed by atoms with Gasteiger partial charge in [0.1, 0.15) is 12.4 Å². The van der Waals surface area contributed by atoms with Crippen LogP contribution in [-0.2, 0) is 24.4 Å². The van der Waals surface area contributed by atoms with Crippen molar-refractivity contribution < 1.29 is 9.18 Å². The number of amides is 1. The van der Waals surface area contributed by atoms with Crippen LogP contribution in [0, 0.1) is 5.82 Å². The topological polar surface area (TPSA) is 85.4 Å². The van der Waals surface area contributed by atoms with Crippen LogP contribution in [0.4, 0.5) is 10.1 Å². The maximum Gasteiger partial charge on any atom is 0.332 e. The number of anilines is 1. The first-order valence-electron chi connectivity index (χ1n) is 12.0. The Morgan fingerprint density at radius 1 is 0.944 bits per heavy atom. The Hall–Kier alpha value is -4.21. The highest BCUT2D eigenvalue weighted by Crippen LogP contribution is 2.17. The minimum Gasteiger partial charge on any atom is -0.368 e. The van der Waals surface area contributed by atoms with Gasteiger partial charge in [0, 0.05) is 44.6 Å². The summed E-state index contributed by atoms with van der Waals surface area (Å²) in [6, 6.07) is 15.5. The quantitative estimate of drug-likeness (QED) is 0.412. The van der Waals surface area contributed by atoms with Crippen molar-refractivity contribution >= 4 is 22.6 Å². The highest BCUT2D eigenvalue weighted by molar-refractivity contribution is 5.80. The molecule has 2 aromatic carbocycles. The maximum atomic E-state index is 13.5. The number of aryl methyl sites for hydroxylation is 1. The summed E-state index contributed by atoms with van der Waals surface area (Å²) in [5, 5.41) is 4.37. The second-order valence-corrected chi connectivity index (χ2v) is 8.81. The molecular formula is C26H27FN6O3. The predicted octanol–water partition coefficient (Wildman–Crippen LogP) is 1.92. The Morgan fingerprint density at radius 3 is 2.31 bits per heavy atom. The van der Waals surface area contributed by atoms with Crippen LogP contribution < -0.4 is 16.1 Å². The second-order valence-electron chi connectivity index (χ2n) is 8.81. The molecule has 36 heavy (non-hydrogen) atoms. The molecule has 9 nitrogen and oxygen atoms in total. The first-order chi connectivity index (χ1) is 17.4. The molecular weight excluding hydrogens is 463 g/mol. The molecule has 1 aliphatic rings. The van der Waals surface area contributed by atoms with E-state index in [-0.39, 0.29) is 30.3 Å². The number of carbonyl (C=O) groups excluding carboxylic acids is 1. The van der Waals surface area contributed by atoms with Crippen LogP contribution in [0.5, 0.6) is 0 Å². The van der Waals surface area contributed by atoms with E-state index in [2.05, 4.69) is 10.00 Å². The summed E-state index contributed by atoms with van der Waals surface area (Å²) < 4.78 is 17.3. The smallest absolute Gasteiger partial charge is 0.332 e. The van der Waals surface area contributed by atoms with Crippen LogP contribution in [0.15, 0.2) is 70.4 Å². The first-order valence-corrected chi connectivity index (χ1v) is 12.0. The Kier molecular flexibility index (Phi) is 6.41. The number of carbonyl (C=O) groups is 1. The molecule has 0 saturated carbocycles. The lowest BCUT2D eigenvalue weighted by atomic mass is 10.2. The van der Waals surface area contributed by atoms with Gasteiger partial charge in [-0.25, -0.2) is 9.18 Å².